The SMILES string of the molecule is O=C(NCC1CCCC1CBr)c1c(F)cccc1F. The van der Waals surface area contributed by atoms with Crippen LogP contribution >= 0.6 is 15.9 Å². The minimum Gasteiger partial charge on any atom is -0.352 e. The predicted molar refractivity (Wildman–Crippen MR) is 73.3 cm³/mol. The lowest BCUT2D eigenvalue weighted by atomic mass is 9.98. The molecule has 0 heterocycles. The number of nitrogens with one attached hydrogen (secondary N) is 1. The van der Waals surface area contributed by atoms with Crippen molar-refractivity contribution in [2.24, 2.45) is 11.8 Å². The third kappa shape index (κ3) is 3.32. The summed E-state index contributed by atoms with van der Waals surface area (Å²) in [5, 5.41) is 3.55. The van der Waals surface area contributed by atoms with Gasteiger partial charge in [0.05, 0.1) is 0 Å². The number of amides is 1. The zero-order valence-corrected chi connectivity index (χ0v) is 12.1. The molecule has 0 spiro atoms. The van der Waals surface area contributed by atoms with Crippen molar-refractivity contribution in [1.29, 1.82) is 0 Å². The fourth-order valence-corrected chi connectivity index (χ4v) is 3.46. The molecule has 0 aromatic heterocycles. The van der Waals surface area contributed by atoms with Gasteiger partial charge >= 0.3 is 0 Å². The van der Waals surface area contributed by atoms with Crippen LogP contribution in [0.15, 0.2) is 18.2 Å². The quantitative estimate of drug-likeness (QED) is 0.840. The Morgan fingerprint density at radius 2 is 1.89 bits per heavy atom. The molecule has 2 unspecified atom stereocenters. The molecule has 1 saturated carbocycles. The summed E-state index contributed by atoms with van der Waals surface area (Å²) < 4.78 is 26.9. The third-order valence-corrected chi connectivity index (χ3v) is 4.56. The lowest BCUT2D eigenvalue weighted by molar-refractivity contribution is 0.0936. The summed E-state index contributed by atoms with van der Waals surface area (Å²) in [7, 11) is 0. The summed E-state index contributed by atoms with van der Waals surface area (Å²) in [6.45, 7) is 0.475. The van der Waals surface area contributed by atoms with Crippen LogP contribution in [0, 0.1) is 23.5 Å². The third-order valence-electron chi connectivity index (χ3n) is 3.73. The second-order valence-corrected chi connectivity index (χ2v) is 5.56. The van der Waals surface area contributed by atoms with E-state index in [4.69, 9.17) is 0 Å². The van der Waals surface area contributed by atoms with Gasteiger partial charge < -0.3 is 5.32 Å². The van der Waals surface area contributed by atoms with Gasteiger partial charge in [0.15, 0.2) is 0 Å². The standard InChI is InChI=1S/C14H16BrF2NO/c15-7-9-3-1-4-10(9)8-18-14(19)13-11(16)5-2-6-12(13)17/h2,5-6,9-10H,1,3-4,7-8H2,(H,18,19). The maximum absolute atomic E-state index is 13.4. The van der Waals surface area contributed by atoms with Gasteiger partial charge in [-0.3, -0.25) is 4.79 Å². The number of carbonyl (C=O) groups is 1. The fraction of sp³-hybridized carbons (Fsp3) is 0.500. The molecule has 19 heavy (non-hydrogen) atoms. The Morgan fingerprint density at radius 1 is 1.26 bits per heavy atom. The summed E-state index contributed by atoms with van der Waals surface area (Å²) in [5.41, 5.74) is -0.490. The fourth-order valence-electron chi connectivity index (χ4n) is 2.61. The molecular formula is C14H16BrF2NO. The van der Waals surface area contributed by atoms with Crippen molar-refractivity contribution in [2.45, 2.75) is 19.3 Å². The van der Waals surface area contributed by atoms with Crippen molar-refractivity contribution in [3.8, 4) is 0 Å². The van der Waals surface area contributed by atoms with Crippen molar-refractivity contribution in [3.63, 3.8) is 0 Å². The van der Waals surface area contributed by atoms with Gasteiger partial charge in [0.25, 0.3) is 5.91 Å². The molecule has 0 saturated heterocycles. The first-order valence-electron chi connectivity index (χ1n) is 6.41. The number of carbonyl (C=O) groups excluding carboxylic acids is 1. The lowest BCUT2D eigenvalue weighted by Gasteiger charge is -2.18. The number of halogens is 3. The summed E-state index contributed by atoms with van der Waals surface area (Å²) in [6.07, 6.45) is 3.33. The van der Waals surface area contributed by atoms with Crippen LogP contribution in [0.25, 0.3) is 0 Å². The van der Waals surface area contributed by atoms with Crippen LogP contribution in [0.1, 0.15) is 29.6 Å². The molecule has 1 aromatic carbocycles. The largest absolute Gasteiger partial charge is 0.352 e. The maximum atomic E-state index is 13.4. The van der Waals surface area contributed by atoms with Crippen LogP contribution in [0.4, 0.5) is 8.78 Å². The summed E-state index contributed by atoms with van der Waals surface area (Å²) >= 11 is 3.46. The van der Waals surface area contributed by atoms with Gasteiger partial charge in [-0.25, -0.2) is 8.78 Å². The van der Waals surface area contributed by atoms with E-state index >= 15 is 0 Å². The van der Waals surface area contributed by atoms with E-state index in [1.165, 1.54) is 6.07 Å². The molecule has 1 amide bonds. The highest BCUT2D eigenvalue weighted by Gasteiger charge is 2.27. The molecule has 2 rings (SSSR count). The van der Waals surface area contributed by atoms with Gasteiger partial charge in [-0.1, -0.05) is 28.4 Å². The average molecular weight is 332 g/mol. The molecule has 1 aliphatic rings. The van der Waals surface area contributed by atoms with E-state index in [0.29, 0.717) is 18.4 Å². The smallest absolute Gasteiger partial charge is 0.257 e. The number of hydrogen-bond acceptors (Lipinski definition) is 1. The van der Waals surface area contributed by atoms with Crippen LogP contribution < -0.4 is 5.32 Å². The monoisotopic (exact) mass is 331 g/mol. The first-order chi connectivity index (χ1) is 9.13. The highest BCUT2D eigenvalue weighted by atomic mass is 79.9. The Kier molecular flexibility index (Phi) is 4.91. The van der Waals surface area contributed by atoms with E-state index in [9.17, 15) is 13.6 Å². The molecule has 2 nitrogen and oxygen atoms in total. The van der Waals surface area contributed by atoms with Crippen LogP contribution in [0.2, 0.25) is 0 Å². The molecule has 0 bridgehead atoms. The molecule has 0 aliphatic heterocycles. The van der Waals surface area contributed by atoms with E-state index in [0.717, 1.165) is 36.7 Å². The molecule has 1 fully saturated rings. The minimum absolute atomic E-state index is 0.387. The Balaban J connectivity index is 1.98. The summed E-state index contributed by atoms with van der Waals surface area (Å²) in [5.74, 6) is -1.39. The van der Waals surface area contributed by atoms with Crippen LogP contribution in [-0.4, -0.2) is 17.8 Å². The molecule has 2 atom stereocenters. The van der Waals surface area contributed by atoms with E-state index in [1.807, 2.05) is 0 Å². The van der Waals surface area contributed by atoms with Crippen molar-refractivity contribution >= 4 is 21.8 Å². The molecule has 1 aliphatic carbocycles. The number of alkyl halides is 1. The number of rotatable bonds is 4. The van der Waals surface area contributed by atoms with Gasteiger partial charge in [0.1, 0.15) is 17.2 Å². The summed E-state index contributed by atoms with van der Waals surface area (Å²) in [4.78, 5) is 11.8. The highest BCUT2D eigenvalue weighted by Crippen LogP contribution is 2.32. The Labute approximate surface area is 119 Å². The van der Waals surface area contributed by atoms with E-state index in [1.54, 1.807) is 0 Å². The van der Waals surface area contributed by atoms with Gasteiger partial charge in [-0.05, 0) is 36.8 Å². The Morgan fingerprint density at radius 3 is 2.53 bits per heavy atom. The molecule has 1 N–H and O–H groups in total. The van der Waals surface area contributed by atoms with Crippen LogP contribution in [0.3, 0.4) is 0 Å². The molecule has 1 aromatic rings. The van der Waals surface area contributed by atoms with Crippen LogP contribution in [0.5, 0.6) is 0 Å². The van der Waals surface area contributed by atoms with Gasteiger partial charge in [-0.15, -0.1) is 0 Å². The topological polar surface area (TPSA) is 29.1 Å². The van der Waals surface area contributed by atoms with Crippen molar-refractivity contribution in [1.82, 2.24) is 5.32 Å². The zero-order valence-electron chi connectivity index (χ0n) is 10.5. The van der Waals surface area contributed by atoms with Crippen molar-refractivity contribution in [3.05, 3.63) is 35.4 Å². The van der Waals surface area contributed by atoms with Gasteiger partial charge in [-0.2, -0.15) is 0 Å². The van der Waals surface area contributed by atoms with Gasteiger partial charge in [0, 0.05) is 11.9 Å². The Hall–Kier alpha value is -0.970. The number of hydrogen-bond donors (Lipinski definition) is 1. The predicted octanol–water partition coefficient (Wildman–Crippen LogP) is 3.51. The van der Waals surface area contributed by atoms with E-state index in [2.05, 4.69) is 21.2 Å². The lowest BCUT2D eigenvalue weighted by Crippen LogP contribution is -2.32. The Bertz CT molecular complexity index is 447. The first-order valence-corrected chi connectivity index (χ1v) is 7.53. The van der Waals surface area contributed by atoms with E-state index in [-0.39, 0.29) is 0 Å². The van der Waals surface area contributed by atoms with Crippen molar-refractivity contribution < 1.29 is 13.6 Å². The van der Waals surface area contributed by atoms with Crippen LogP contribution in [-0.2, 0) is 0 Å². The molecular weight excluding hydrogens is 316 g/mol. The normalized spacial score (nSPS) is 22.5. The second-order valence-electron chi connectivity index (χ2n) is 4.91. The molecule has 0 radical (unpaired) electrons. The van der Waals surface area contributed by atoms with Crippen molar-refractivity contribution in [2.75, 3.05) is 11.9 Å². The minimum atomic E-state index is -0.819. The van der Waals surface area contributed by atoms with E-state index < -0.39 is 23.1 Å². The molecule has 5 heteroatoms. The summed E-state index contributed by atoms with van der Waals surface area (Å²) in [6, 6.07) is 3.43. The van der Waals surface area contributed by atoms with Gasteiger partial charge in [0.2, 0.25) is 0 Å². The average Bonchev–Trinajstić information content (AvgIpc) is 2.83. The zero-order chi connectivity index (χ0) is 13.8. The maximum Gasteiger partial charge on any atom is 0.257 e. The highest BCUT2D eigenvalue weighted by molar-refractivity contribution is 9.09. The second kappa shape index (κ2) is 6.46. The number of benzene rings is 1. The molecule has 104 valence electrons. The first kappa shape index (κ1) is 14.4.